The summed E-state index contributed by atoms with van der Waals surface area (Å²) in [5, 5.41) is 8.86. The van der Waals surface area contributed by atoms with Crippen molar-refractivity contribution >= 4 is 11.4 Å². The quantitative estimate of drug-likeness (QED) is 0.631. The Hall–Kier alpha value is -1.95. The van der Waals surface area contributed by atoms with Gasteiger partial charge in [0.1, 0.15) is 6.07 Å². The Kier molecular flexibility index (Phi) is 3.75. The first-order valence-corrected chi connectivity index (χ1v) is 4.68. The second-order valence-electron chi connectivity index (χ2n) is 3.36. The Bertz CT molecular complexity index is 428. The van der Waals surface area contributed by atoms with Gasteiger partial charge in [-0.2, -0.15) is 5.26 Å². The molecule has 1 aliphatic rings. The van der Waals surface area contributed by atoms with Crippen molar-refractivity contribution in [3.8, 4) is 6.07 Å². The number of aliphatic imine (C=N–C) groups is 2. The van der Waals surface area contributed by atoms with Crippen LogP contribution in [0.2, 0.25) is 0 Å². The smallest absolute Gasteiger partial charge is 0.162 e. The van der Waals surface area contributed by atoms with Crippen molar-refractivity contribution in [1.82, 2.24) is 0 Å². The maximum Gasteiger partial charge on any atom is 0.162 e. The molecule has 0 bridgehead atoms. The van der Waals surface area contributed by atoms with E-state index >= 15 is 0 Å². The SMILES string of the molecule is C=C(C)/C=C\N=C1/CC=C(C)N=C1C#N. The van der Waals surface area contributed by atoms with Gasteiger partial charge in [0, 0.05) is 18.3 Å². The molecule has 15 heavy (non-hydrogen) atoms. The van der Waals surface area contributed by atoms with E-state index in [0.29, 0.717) is 17.8 Å². The number of hydrogen-bond donors (Lipinski definition) is 0. The van der Waals surface area contributed by atoms with E-state index in [1.54, 1.807) is 12.3 Å². The van der Waals surface area contributed by atoms with Crippen LogP contribution in [0.1, 0.15) is 20.3 Å². The lowest BCUT2D eigenvalue weighted by Crippen LogP contribution is -2.14. The highest BCUT2D eigenvalue weighted by Crippen LogP contribution is 2.08. The molecule has 0 atom stereocenters. The fourth-order valence-corrected chi connectivity index (χ4v) is 1.09. The van der Waals surface area contributed by atoms with Crippen LogP contribution >= 0.6 is 0 Å². The average molecular weight is 199 g/mol. The summed E-state index contributed by atoms with van der Waals surface area (Å²) in [6.45, 7) is 7.49. The summed E-state index contributed by atoms with van der Waals surface area (Å²) in [6.07, 6.45) is 6.07. The molecule has 0 aliphatic carbocycles. The minimum Gasteiger partial charge on any atom is -0.258 e. The van der Waals surface area contributed by atoms with Gasteiger partial charge in [0.25, 0.3) is 0 Å². The summed E-state index contributed by atoms with van der Waals surface area (Å²) in [4.78, 5) is 8.30. The summed E-state index contributed by atoms with van der Waals surface area (Å²) < 4.78 is 0. The number of rotatable bonds is 2. The first-order chi connectivity index (χ1) is 7.13. The van der Waals surface area contributed by atoms with Gasteiger partial charge in [-0.25, -0.2) is 4.99 Å². The van der Waals surface area contributed by atoms with Gasteiger partial charge in [-0.1, -0.05) is 18.2 Å². The second kappa shape index (κ2) is 5.06. The highest BCUT2D eigenvalue weighted by atomic mass is 14.8. The van der Waals surface area contributed by atoms with E-state index in [1.807, 2.05) is 26.0 Å². The fraction of sp³-hybridized carbons (Fsp3) is 0.250. The van der Waals surface area contributed by atoms with E-state index in [0.717, 1.165) is 11.3 Å². The minimum atomic E-state index is 0.404. The van der Waals surface area contributed by atoms with E-state index < -0.39 is 0 Å². The van der Waals surface area contributed by atoms with Gasteiger partial charge in [0.05, 0.1) is 5.71 Å². The number of nitrogens with zero attached hydrogens (tertiary/aromatic N) is 3. The van der Waals surface area contributed by atoms with Crippen molar-refractivity contribution in [3.05, 3.63) is 36.2 Å². The molecule has 1 rings (SSSR count). The predicted molar refractivity (Wildman–Crippen MR) is 62.8 cm³/mol. The summed E-state index contributed by atoms with van der Waals surface area (Å²) in [5.41, 5.74) is 2.91. The fourth-order valence-electron chi connectivity index (χ4n) is 1.09. The van der Waals surface area contributed by atoms with Gasteiger partial charge in [-0.3, -0.25) is 4.99 Å². The normalized spacial score (nSPS) is 18.6. The Labute approximate surface area is 89.9 Å². The van der Waals surface area contributed by atoms with Crippen molar-refractivity contribution < 1.29 is 0 Å². The van der Waals surface area contributed by atoms with Gasteiger partial charge in [0.15, 0.2) is 5.71 Å². The van der Waals surface area contributed by atoms with Crippen LogP contribution in [0.3, 0.4) is 0 Å². The van der Waals surface area contributed by atoms with Gasteiger partial charge < -0.3 is 0 Å². The molecule has 3 heteroatoms. The van der Waals surface area contributed by atoms with E-state index in [4.69, 9.17) is 5.26 Å². The molecule has 0 fully saturated rings. The molecule has 0 aromatic carbocycles. The Morgan fingerprint density at radius 2 is 2.47 bits per heavy atom. The van der Waals surface area contributed by atoms with Crippen LogP contribution in [0.4, 0.5) is 0 Å². The first kappa shape index (κ1) is 11.1. The zero-order valence-corrected chi connectivity index (χ0v) is 8.99. The molecular formula is C12H13N3. The summed E-state index contributed by atoms with van der Waals surface area (Å²) in [7, 11) is 0. The molecular weight excluding hydrogens is 186 g/mol. The Morgan fingerprint density at radius 1 is 1.73 bits per heavy atom. The van der Waals surface area contributed by atoms with E-state index in [2.05, 4.69) is 16.6 Å². The summed E-state index contributed by atoms with van der Waals surface area (Å²) in [5.74, 6) is 0. The summed E-state index contributed by atoms with van der Waals surface area (Å²) >= 11 is 0. The molecule has 0 unspecified atom stereocenters. The lowest BCUT2D eigenvalue weighted by atomic mass is 10.1. The standard InChI is InChI=1S/C12H13N3/c1-9(2)6-7-14-11-5-4-10(3)15-12(11)8-13/h4,6-7H,1,5H2,2-3H3/b7-6-,14-11+. The van der Waals surface area contributed by atoms with Crippen LogP contribution in [0, 0.1) is 11.3 Å². The minimum absolute atomic E-state index is 0.404. The monoisotopic (exact) mass is 199 g/mol. The van der Waals surface area contributed by atoms with Crippen molar-refractivity contribution in [1.29, 1.82) is 5.26 Å². The molecule has 0 aromatic rings. The zero-order valence-electron chi connectivity index (χ0n) is 8.99. The third-order valence-electron chi connectivity index (χ3n) is 1.85. The third kappa shape index (κ3) is 3.35. The lowest BCUT2D eigenvalue weighted by Gasteiger charge is -2.06. The van der Waals surface area contributed by atoms with Gasteiger partial charge in [-0.15, -0.1) is 0 Å². The maximum absolute atomic E-state index is 8.86. The van der Waals surface area contributed by atoms with E-state index in [1.165, 1.54) is 0 Å². The Morgan fingerprint density at radius 3 is 3.07 bits per heavy atom. The van der Waals surface area contributed by atoms with Crippen LogP contribution in [0.5, 0.6) is 0 Å². The van der Waals surface area contributed by atoms with Crippen molar-refractivity contribution in [2.24, 2.45) is 9.98 Å². The molecule has 0 saturated carbocycles. The van der Waals surface area contributed by atoms with Crippen LogP contribution in [0.25, 0.3) is 0 Å². The lowest BCUT2D eigenvalue weighted by molar-refractivity contribution is 1.23. The molecule has 0 radical (unpaired) electrons. The molecule has 0 N–H and O–H groups in total. The van der Waals surface area contributed by atoms with Gasteiger partial charge in [-0.05, 0) is 19.9 Å². The first-order valence-electron chi connectivity index (χ1n) is 4.68. The molecule has 0 aromatic heterocycles. The molecule has 1 heterocycles. The second-order valence-corrected chi connectivity index (χ2v) is 3.36. The van der Waals surface area contributed by atoms with Crippen LogP contribution < -0.4 is 0 Å². The molecule has 0 amide bonds. The van der Waals surface area contributed by atoms with Crippen LogP contribution in [-0.4, -0.2) is 11.4 Å². The van der Waals surface area contributed by atoms with Crippen LogP contribution in [0.15, 0.2) is 46.2 Å². The topological polar surface area (TPSA) is 48.5 Å². The van der Waals surface area contributed by atoms with Gasteiger partial charge in [0.2, 0.25) is 0 Å². The number of allylic oxidation sites excluding steroid dienone is 4. The maximum atomic E-state index is 8.86. The van der Waals surface area contributed by atoms with Crippen molar-refractivity contribution in [2.45, 2.75) is 20.3 Å². The largest absolute Gasteiger partial charge is 0.258 e. The van der Waals surface area contributed by atoms with Crippen molar-refractivity contribution in [3.63, 3.8) is 0 Å². The molecule has 0 spiro atoms. The highest BCUT2D eigenvalue weighted by Gasteiger charge is 2.10. The number of nitriles is 1. The zero-order chi connectivity index (χ0) is 11.3. The molecule has 1 aliphatic heterocycles. The number of hydrogen-bond acceptors (Lipinski definition) is 3. The Balaban J connectivity index is 2.86. The molecule has 0 saturated heterocycles. The highest BCUT2D eigenvalue weighted by molar-refractivity contribution is 6.49. The van der Waals surface area contributed by atoms with Crippen LogP contribution in [-0.2, 0) is 0 Å². The molecule has 3 nitrogen and oxygen atoms in total. The van der Waals surface area contributed by atoms with E-state index in [9.17, 15) is 0 Å². The third-order valence-corrected chi connectivity index (χ3v) is 1.85. The average Bonchev–Trinajstić information content (AvgIpc) is 2.19. The summed E-state index contributed by atoms with van der Waals surface area (Å²) in [6, 6.07) is 2.04. The van der Waals surface area contributed by atoms with Crippen molar-refractivity contribution in [2.75, 3.05) is 0 Å². The van der Waals surface area contributed by atoms with E-state index in [-0.39, 0.29) is 0 Å². The molecule has 76 valence electrons. The van der Waals surface area contributed by atoms with Gasteiger partial charge >= 0.3 is 0 Å². The predicted octanol–water partition coefficient (Wildman–Crippen LogP) is 2.79.